The summed E-state index contributed by atoms with van der Waals surface area (Å²) in [6.45, 7) is 14.8. The summed E-state index contributed by atoms with van der Waals surface area (Å²) in [4.78, 5) is 37.0. The highest BCUT2D eigenvalue weighted by molar-refractivity contribution is 5.86. The van der Waals surface area contributed by atoms with Crippen LogP contribution in [0.1, 0.15) is 93.4 Å². The molecule has 0 bridgehead atoms. The fourth-order valence-corrected chi connectivity index (χ4v) is 10.1. The van der Waals surface area contributed by atoms with E-state index in [0.29, 0.717) is 18.3 Å². The van der Waals surface area contributed by atoms with Gasteiger partial charge in [0.2, 0.25) is 0 Å². The van der Waals surface area contributed by atoms with Crippen molar-refractivity contribution in [1.82, 2.24) is 0 Å². The van der Waals surface area contributed by atoms with Gasteiger partial charge >= 0.3 is 17.9 Å². The first-order valence-electron chi connectivity index (χ1n) is 13.5. The Morgan fingerprint density at radius 3 is 2.20 bits per heavy atom. The van der Waals surface area contributed by atoms with Gasteiger partial charge in [-0.3, -0.25) is 9.59 Å². The van der Waals surface area contributed by atoms with Gasteiger partial charge in [0.15, 0.2) is 0 Å². The van der Waals surface area contributed by atoms with Crippen LogP contribution >= 0.6 is 0 Å². The molecular weight excluding hydrogens is 444 g/mol. The number of hydrogen-bond acceptors (Lipinski definition) is 6. The molecule has 0 aromatic carbocycles. The number of esters is 3. The first kappa shape index (κ1) is 24.8. The summed E-state index contributed by atoms with van der Waals surface area (Å²) in [7, 11) is 0. The maximum absolute atomic E-state index is 12.5. The molecule has 1 aliphatic heterocycles. The lowest BCUT2D eigenvalue weighted by molar-refractivity contribution is -0.259. The van der Waals surface area contributed by atoms with Gasteiger partial charge in [-0.25, -0.2) is 4.79 Å². The summed E-state index contributed by atoms with van der Waals surface area (Å²) < 4.78 is 17.9. The third-order valence-electron chi connectivity index (χ3n) is 11.4. The molecule has 0 aromatic rings. The van der Waals surface area contributed by atoms with E-state index in [4.69, 9.17) is 14.2 Å². The lowest BCUT2D eigenvalue weighted by atomic mass is 9.35. The zero-order valence-corrected chi connectivity index (χ0v) is 22.4. The maximum atomic E-state index is 12.5. The SMILES string of the molecule is CC(=O)O[C@H]1C[C@H]2[C@]3(C)CC[C@H]4C(C)(C)CCC[C@]4(C)[C@H]3C[C@H](OC(C)=O)[C@]2(C)[C@H]2OC(=O)C=C12. The summed E-state index contributed by atoms with van der Waals surface area (Å²) in [6, 6.07) is 0. The highest BCUT2D eigenvalue weighted by Gasteiger charge is 2.71. The van der Waals surface area contributed by atoms with Crippen molar-refractivity contribution in [3.63, 3.8) is 0 Å². The molecule has 0 saturated heterocycles. The molecule has 0 N–H and O–H groups in total. The molecule has 6 heteroatoms. The minimum absolute atomic E-state index is 0.0387. The number of hydrogen-bond donors (Lipinski definition) is 0. The van der Waals surface area contributed by atoms with Gasteiger partial charge in [0.25, 0.3) is 0 Å². The first-order valence-corrected chi connectivity index (χ1v) is 13.5. The average molecular weight is 487 g/mol. The van der Waals surface area contributed by atoms with Gasteiger partial charge in [-0.15, -0.1) is 0 Å². The summed E-state index contributed by atoms with van der Waals surface area (Å²) in [6.07, 6.45) is 7.44. The van der Waals surface area contributed by atoms with Gasteiger partial charge in [-0.1, -0.05) is 41.0 Å². The zero-order chi connectivity index (χ0) is 25.6. The van der Waals surface area contributed by atoms with E-state index < -0.39 is 23.6 Å². The van der Waals surface area contributed by atoms with Gasteiger partial charge in [0.1, 0.15) is 18.3 Å². The van der Waals surface area contributed by atoms with Crippen LogP contribution in [0.25, 0.3) is 0 Å². The van der Waals surface area contributed by atoms with Gasteiger partial charge in [0.05, 0.1) is 0 Å². The van der Waals surface area contributed by atoms with Crippen LogP contribution in [0.3, 0.4) is 0 Å². The minimum Gasteiger partial charge on any atom is -0.462 e. The molecule has 4 aliphatic carbocycles. The van der Waals surface area contributed by atoms with Crippen molar-refractivity contribution in [2.45, 2.75) is 112 Å². The van der Waals surface area contributed by atoms with Crippen molar-refractivity contribution < 1.29 is 28.6 Å². The number of carbonyl (C=O) groups excluding carboxylic acids is 3. The zero-order valence-electron chi connectivity index (χ0n) is 22.4. The van der Waals surface area contributed by atoms with Crippen LogP contribution in [-0.4, -0.2) is 36.2 Å². The largest absolute Gasteiger partial charge is 0.462 e. The molecule has 5 aliphatic rings. The maximum Gasteiger partial charge on any atom is 0.331 e. The van der Waals surface area contributed by atoms with E-state index in [-0.39, 0.29) is 40.2 Å². The van der Waals surface area contributed by atoms with Gasteiger partial charge < -0.3 is 14.2 Å². The standard InChI is InChI=1S/C29H42O6/c1-16(30)33-19-14-22-28(6)12-9-20-26(3,4)10-8-11-27(20,5)21(28)15-23(34-17(2)31)29(22,7)25-18(19)13-24(32)35-25/h13,19-23,25H,8-12,14-15H2,1-7H3/t19-,20-,21+,22-,23-,25-,27-,28+,29+/m0/s1. The molecule has 0 unspecified atom stereocenters. The normalized spacial score (nSPS) is 47.7. The van der Waals surface area contributed by atoms with Crippen LogP contribution in [0, 0.1) is 39.4 Å². The Morgan fingerprint density at radius 1 is 0.886 bits per heavy atom. The lowest BCUT2D eigenvalue weighted by Crippen LogP contribution is -2.69. The highest BCUT2D eigenvalue weighted by atomic mass is 16.6. The van der Waals surface area contributed by atoms with Crippen LogP contribution in [0.5, 0.6) is 0 Å². The molecule has 0 amide bonds. The van der Waals surface area contributed by atoms with Crippen molar-refractivity contribution in [3.05, 3.63) is 11.6 Å². The summed E-state index contributed by atoms with van der Waals surface area (Å²) in [5, 5.41) is 0. The Bertz CT molecular complexity index is 982. The Labute approximate surface area is 209 Å². The molecule has 1 heterocycles. The second-order valence-corrected chi connectivity index (χ2v) is 13.5. The molecule has 194 valence electrons. The predicted molar refractivity (Wildman–Crippen MR) is 130 cm³/mol. The van der Waals surface area contributed by atoms with Gasteiger partial charge in [-0.2, -0.15) is 0 Å². The topological polar surface area (TPSA) is 78.9 Å². The van der Waals surface area contributed by atoms with E-state index in [1.54, 1.807) is 0 Å². The number of ether oxygens (including phenoxy) is 3. The molecule has 35 heavy (non-hydrogen) atoms. The van der Waals surface area contributed by atoms with E-state index in [1.807, 2.05) is 0 Å². The van der Waals surface area contributed by atoms with Gasteiger partial charge in [-0.05, 0) is 72.5 Å². The third kappa shape index (κ3) is 3.44. The lowest BCUT2D eigenvalue weighted by Gasteiger charge is -2.70. The van der Waals surface area contributed by atoms with Crippen molar-refractivity contribution in [3.8, 4) is 0 Å². The molecule has 6 nitrogen and oxygen atoms in total. The second-order valence-electron chi connectivity index (χ2n) is 13.5. The fourth-order valence-electron chi connectivity index (χ4n) is 10.1. The Hall–Kier alpha value is -1.85. The molecule has 0 spiro atoms. The Morgan fingerprint density at radius 2 is 1.54 bits per heavy atom. The Kier molecular flexibility index (Phi) is 5.55. The quantitative estimate of drug-likeness (QED) is 0.385. The highest BCUT2D eigenvalue weighted by Crippen LogP contribution is 2.73. The monoisotopic (exact) mass is 486 g/mol. The summed E-state index contributed by atoms with van der Waals surface area (Å²) >= 11 is 0. The van der Waals surface area contributed by atoms with E-state index >= 15 is 0 Å². The average Bonchev–Trinajstić information content (AvgIpc) is 3.13. The Balaban J connectivity index is 1.64. The number of rotatable bonds is 2. The van der Waals surface area contributed by atoms with Crippen molar-refractivity contribution in [2.75, 3.05) is 0 Å². The molecule has 9 atom stereocenters. The third-order valence-corrected chi connectivity index (χ3v) is 11.4. The van der Waals surface area contributed by atoms with Gasteiger partial charge in [0, 0.05) is 30.9 Å². The van der Waals surface area contributed by atoms with E-state index in [2.05, 4.69) is 34.6 Å². The first-order chi connectivity index (χ1) is 16.2. The molecule has 0 aromatic heterocycles. The van der Waals surface area contributed by atoms with Crippen LogP contribution < -0.4 is 0 Å². The fraction of sp³-hybridized carbons (Fsp3) is 0.828. The molecular formula is C29H42O6. The van der Waals surface area contributed by atoms with Crippen LogP contribution in [0.4, 0.5) is 0 Å². The molecule has 4 fully saturated rings. The van der Waals surface area contributed by atoms with Crippen molar-refractivity contribution in [1.29, 1.82) is 0 Å². The summed E-state index contributed by atoms with van der Waals surface area (Å²) in [5.41, 5.74) is 0.549. The number of carbonyl (C=O) groups is 3. The van der Waals surface area contributed by atoms with Crippen LogP contribution in [-0.2, 0) is 28.6 Å². The van der Waals surface area contributed by atoms with E-state index in [1.165, 1.54) is 45.6 Å². The van der Waals surface area contributed by atoms with E-state index in [9.17, 15) is 14.4 Å². The smallest absolute Gasteiger partial charge is 0.331 e. The molecule has 4 saturated carbocycles. The minimum atomic E-state index is -0.570. The summed E-state index contributed by atoms with van der Waals surface area (Å²) in [5.74, 6) is 0.0300. The van der Waals surface area contributed by atoms with Crippen molar-refractivity contribution in [2.24, 2.45) is 39.4 Å². The van der Waals surface area contributed by atoms with E-state index in [0.717, 1.165) is 18.4 Å². The van der Waals surface area contributed by atoms with Crippen LogP contribution in [0.15, 0.2) is 11.6 Å². The predicted octanol–water partition coefficient (Wildman–Crippen LogP) is 5.38. The molecule has 0 radical (unpaired) electrons. The van der Waals surface area contributed by atoms with Crippen molar-refractivity contribution >= 4 is 17.9 Å². The number of fused-ring (bicyclic) bond motifs is 7. The second kappa shape index (κ2) is 7.82. The van der Waals surface area contributed by atoms with Crippen LogP contribution in [0.2, 0.25) is 0 Å². The molecule has 5 rings (SSSR count).